The summed E-state index contributed by atoms with van der Waals surface area (Å²) in [6, 6.07) is 7.21. The zero-order valence-corrected chi connectivity index (χ0v) is 23.2. The standard InChI is InChI=1S/C30H37ClN2O2S/c1-29(2,3)20-4-9-23-24(13-20)36-27(25(23)26(34)32-22-7-5-21(31)6-8-22)33-28(35)30-14-17-10-18(15-30)12-19(11-17)16-30/h5-8,17-20H,4,9-16H2,1-3H3,(H,32,34)(H,33,35)/t17?,18?,19?,20-,30?/m1/s1. The van der Waals surface area contributed by atoms with Crippen LogP contribution in [0.25, 0.3) is 0 Å². The predicted octanol–water partition coefficient (Wildman–Crippen LogP) is 7.96. The van der Waals surface area contributed by atoms with Crippen LogP contribution >= 0.6 is 22.9 Å². The van der Waals surface area contributed by atoms with Gasteiger partial charge in [0, 0.05) is 15.6 Å². The number of hydrogen-bond donors (Lipinski definition) is 2. The molecule has 1 atom stereocenters. The number of halogens is 1. The Kier molecular flexibility index (Phi) is 6.03. The summed E-state index contributed by atoms with van der Waals surface area (Å²) >= 11 is 7.69. The summed E-state index contributed by atoms with van der Waals surface area (Å²) in [5, 5.41) is 7.81. The molecule has 4 fully saturated rings. The molecule has 0 saturated heterocycles. The van der Waals surface area contributed by atoms with E-state index in [2.05, 4.69) is 31.4 Å². The summed E-state index contributed by atoms with van der Waals surface area (Å²) in [7, 11) is 0. The molecule has 0 spiro atoms. The van der Waals surface area contributed by atoms with Crippen LogP contribution in [0.5, 0.6) is 0 Å². The molecular weight excluding hydrogens is 488 g/mol. The fourth-order valence-electron chi connectivity index (χ4n) is 8.00. The van der Waals surface area contributed by atoms with E-state index in [-0.39, 0.29) is 22.6 Å². The van der Waals surface area contributed by atoms with Gasteiger partial charge in [-0.15, -0.1) is 11.3 Å². The lowest BCUT2D eigenvalue weighted by Crippen LogP contribution is -2.51. The number of anilines is 2. The van der Waals surface area contributed by atoms with Gasteiger partial charge in [-0.1, -0.05) is 32.4 Å². The van der Waals surface area contributed by atoms with Gasteiger partial charge in [-0.3, -0.25) is 9.59 Å². The second kappa shape index (κ2) is 8.87. The van der Waals surface area contributed by atoms with Crippen LogP contribution in [0, 0.1) is 34.5 Å². The molecule has 7 rings (SSSR count). The maximum atomic E-state index is 13.9. The molecule has 4 bridgehead atoms. The topological polar surface area (TPSA) is 58.2 Å². The molecule has 1 heterocycles. The molecule has 192 valence electrons. The van der Waals surface area contributed by atoms with Crippen molar-refractivity contribution in [2.24, 2.45) is 34.5 Å². The van der Waals surface area contributed by atoms with E-state index in [4.69, 9.17) is 11.6 Å². The van der Waals surface area contributed by atoms with E-state index in [1.165, 1.54) is 24.1 Å². The Morgan fingerprint density at radius 3 is 2.17 bits per heavy atom. The summed E-state index contributed by atoms with van der Waals surface area (Å²) in [4.78, 5) is 28.9. The lowest BCUT2D eigenvalue weighted by Gasteiger charge is -2.55. The fraction of sp³-hybridized carbons (Fsp3) is 0.600. The van der Waals surface area contributed by atoms with Gasteiger partial charge < -0.3 is 10.6 Å². The van der Waals surface area contributed by atoms with Crippen molar-refractivity contribution in [1.29, 1.82) is 0 Å². The van der Waals surface area contributed by atoms with Crippen molar-refractivity contribution in [3.8, 4) is 0 Å². The maximum Gasteiger partial charge on any atom is 0.258 e. The van der Waals surface area contributed by atoms with Gasteiger partial charge in [0.2, 0.25) is 5.91 Å². The SMILES string of the molecule is CC(C)(C)[C@@H]1CCc2c(sc(NC(=O)C34CC5CC(CC(C5)C3)C4)c2C(=O)Nc2ccc(Cl)cc2)C1. The third-order valence-electron chi connectivity index (χ3n) is 9.57. The van der Waals surface area contributed by atoms with Gasteiger partial charge in [-0.25, -0.2) is 0 Å². The van der Waals surface area contributed by atoms with Crippen molar-refractivity contribution < 1.29 is 9.59 Å². The van der Waals surface area contributed by atoms with E-state index < -0.39 is 0 Å². The van der Waals surface area contributed by atoms with E-state index in [1.807, 2.05) is 12.1 Å². The molecule has 0 aliphatic heterocycles. The zero-order valence-electron chi connectivity index (χ0n) is 21.6. The number of fused-ring (bicyclic) bond motifs is 1. The van der Waals surface area contributed by atoms with E-state index in [1.54, 1.807) is 23.5 Å². The third kappa shape index (κ3) is 4.41. The number of carbonyl (C=O) groups excluding carboxylic acids is 2. The van der Waals surface area contributed by atoms with Crippen molar-refractivity contribution >= 4 is 45.4 Å². The van der Waals surface area contributed by atoms with Gasteiger partial charge in [-0.05, 0) is 117 Å². The van der Waals surface area contributed by atoms with Gasteiger partial charge in [0.25, 0.3) is 5.91 Å². The Balaban J connectivity index is 1.31. The largest absolute Gasteiger partial charge is 0.322 e. The molecule has 4 nitrogen and oxygen atoms in total. The Hall–Kier alpha value is -1.85. The first-order valence-corrected chi connectivity index (χ1v) is 14.8. The van der Waals surface area contributed by atoms with Crippen LogP contribution in [0.2, 0.25) is 5.02 Å². The number of amides is 2. The first-order chi connectivity index (χ1) is 17.1. The summed E-state index contributed by atoms with van der Waals surface area (Å²) in [6.45, 7) is 6.92. The highest BCUT2D eigenvalue weighted by Crippen LogP contribution is 2.60. The second-order valence-electron chi connectivity index (χ2n) is 13.1. The lowest BCUT2D eigenvalue weighted by molar-refractivity contribution is -0.140. The van der Waals surface area contributed by atoms with Crippen LogP contribution in [0.1, 0.15) is 86.5 Å². The molecule has 0 unspecified atom stereocenters. The van der Waals surface area contributed by atoms with Crippen molar-refractivity contribution in [3.05, 3.63) is 45.3 Å². The number of benzene rings is 1. The molecule has 36 heavy (non-hydrogen) atoms. The molecule has 2 N–H and O–H groups in total. The quantitative estimate of drug-likeness (QED) is 0.426. The normalized spacial score (nSPS) is 30.7. The van der Waals surface area contributed by atoms with Gasteiger partial charge in [-0.2, -0.15) is 0 Å². The van der Waals surface area contributed by atoms with Crippen molar-refractivity contribution in [2.45, 2.75) is 78.6 Å². The zero-order chi connectivity index (χ0) is 25.2. The average Bonchev–Trinajstić information content (AvgIpc) is 3.16. The molecule has 6 heteroatoms. The van der Waals surface area contributed by atoms with Crippen LogP contribution in [0.3, 0.4) is 0 Å². The molecule has 5 aliphatic carbocycles. The highest BCUT2D eigenvalue weighted by Gasteiger charge is 2.54. The highest BCUT2D eigenvalue weighted by molar-refractivity contribution is 7.17. The van der Waals surface area contributed by atoms with Crippen molar-refractivity contribution in [2.75, 3.05) is 10.6 Å². The van der Waals surface area contributed by atoms with Crippen LogP contribution < -0.4 is 10.6 Å². The van der Waals surface area contributed by atoms with Gasteiger partial charge in [0.15, 0.2) is 0 Å². The number of rotatable bonds is 4. The van der Waals surface area contributed by atoms with E-state index >= 15 is 0 Å². The molecule has 0 radical (unpaired) electrons. The van der Waals surface area contributed by atoms with Gasteiger partial charge in [0.1, 0.15) is 5.00 Å². The first kappa shape index (κ1) is 24.5. The highest BCUT2D eigenvalue weighted by atomic mass is 35.5. The smallest absolute Gasteiger partial charge is 0.258 e. The molecule has 5 aliphatic rings. The van der Waals surface area contributed by atoms with Gasteiger partial charge in [0.05, 0.1) is 11.0 Å². The van der Waals surface area contributed by atoms with Crippen LogP contribution in [0.4, 0.5) is 10.7 Å². The van der Waals surface area contributed by atoms with Crippen LogP contribution in [-0.2, 0) is 17.6 Å². The fourth-order valence-corrected chi connectivity index (χ4v) is 9.45. The van der Waals surface area contributed by atoms with E-state index in [0.29, 0.717) is 39.9 Å². The summed E-state index contributed by atoms with van der Waals surface area (Å²) in [6.07, 6.45) is 9.91. The minimum atomic E-state index is -0.239. The Labute approximate surface area is 223 Å². The number of carbonyl (C=O) groups is 2. The molecule has 1 aromatic heterocycles. The average molecular weight is 525 g/mol. The molecule has 4 saturated carbocycles. The van der Waals surface area contributed by atoms with Crippen molar-refractivity contribution in [3.63, 3.8) is 0 Å². The molecule has 2 amide bonds. The lowest BCUT2D eigenvalue weighted by atomic mass is 9.49. The monoisotopic (exact) mass is 524 g/mol. The number of nitrogens with one attached hydrogen (secondary N) is 2. The number of thiophene rings is 1. The third-order valence-corrected chi connectivity index (χ3v) is 11.0. The summed E-state index contributed by atoms with van der Waals surface area (Å²) in [5.74, 6) is 2.72. The molecule has 2 aromatic rings. The predicted molar refractivity (Wildman–Crippen MR) is 148 cm³/mol. The molecule has 1 aromatic carbocycles. The Bertz CT molecular complexity index is 1160. The Morgan fingerprint density at radius 1 is 0.972 bits per heavy atom. The van der Waals surface area contributed by atoms with Crippen LogP contribution in [-0.4, -0.2) is 11.8 Å². The number of hydrogen-bond acceptors (Lipinski definition) is 3. The minimum Gasteiger partial charge on any atom is -0.322 e. The minimum absolute atomic E-state index is 0.134. The van der Waals surface area contributed by atoms with E-state index in [0.717, 1.165) is 49.1 Å². The van der Waals surface area contributed by atoms with Gasteiger partial charge >= 0.3 is 0 Å². The first-order valence-electron chi connectivity index (χ1n) is 13.6. The van der Waals surface area contributed by atoms with E-state index in [9.17, 15) is 9.59 Å². The van der Waals surface area contributed by atoms with Crippen molar-refractivity contribution in [1.82, 2.24) is 0 Å². The summed E-state index contributed by atoms with van der Waals surface area (Å²) < 4.78 is 0. The Morgan fingerprint density at radius 2 is 1.58 bits per heavy atom. The molecular formula is C30H37ClN2O2S. The second-order valence-corrected chi connectivity index (χ2v) is 14.7. The van der Waals surface area contributed by atoms with Crippen LogP contribution in [0.15, 0.2) is 24.3 Å². The summed E-state index contributed by atoms with van der Waals surface area (Å²) in [5.41, 5.74) is 2.50. The maximum absolute atomic E-state index is 13.9.